The van der Waals surface area contributed by atoms with Gasteiger partial charge in [-0.05, 0) is 55.0 Å². The molecule has 2 aromatic carbocycles. The molecule has 0 unspecified atom stereocenters. The summed E-state index contributed by atoms with van der Waals surface area (Å²) in [6.45, 7) is 6.79. The Kier molecular flexibility index (Phi) is 9.52. The van der Waals surface area contributed by atoms with E-state index in [9.17, 15) is 14.0 Å². The van der Waals surface area contributed by atoms with Gasteiger partial charge >= 0.3 is 0 Å². The predicted molar refractivity (Wildman–Crippen MR) is 118 cm³/mol. The Morgan fingerprint density at radius 3 is 2.17 bits per heavy atom. The van der Waals surface area contributed by atoms with Crippen molar-refractivity contribution in [3.05, 3.63) is 71.0 Å². The average Bonchev–Trinajstić information content (AvgIpc) is 2.77. The molecule has 0 heterocycles. The lowest BCUT2D eigenvalue weighted by Crippen LogP contribution is -2.47. The van der Waals surface area contributed by atoms with Crippen molar-refractivity contribution in [3.8, 4) is 0 Å². The topological polar surface area (TPSA) is 49.4 Å². The SMILES string of the molecule is CCCCNC(=O)[C@@H](C)N(Cc1ccc(F)cc1)C(=O)CCc1ccc(CC)cc1. The van der Waals surface area contributed by atoms with Crippen LogP contribution in [0, 0.1) is 5.82 Å². The van der Waals surface area contributed by atoms with Crippen LogP contribution >= 0.6 is 0 Å². The zero-order chi connectivity index (χ0) is 21.9. The van der Waals surface area contributed by atoms with E-state index in [1.807, 2.05) is 0 Å². The zero-order valence-corrected chi connectivity index (χ0v) is 18.3. The Labute approximate surface area is 179 Å². The van der Waals surface area contributed by atoms with Crippen LogP contribution in [0.15, 0.2) is 48.5 Å². The maximum Gasteiger partial charge on any atom is 0.242 e. The summed E-state index contributed by atoms with van der Waals surface area (Å²) in [5.74, 6) is -0.569. The number of halogens is 1. The Balaban J connectivity index is 2.08. The van der Waals surface area contributed by atoms with Crippen LogP contribution in [0.25, 0.3) is 0 Å². The molecule has 0 spiro atoms. The summed E-state index contributed by atoms with van der Waals surface area (Å²) in [6.07, 6.45) is 3.81. The maximum absolute atomic E-state index is 13.3. The molecule has 0 aliphatic heterocycles. The van der Waals surface area contributed by atoms with Crippen LogP contribution in [0.5, 0.6) is 0 Å². The highest BCUT2D eigenvalue weighted by molar-refractivity contribution is 5.87. The first-order chi connectivity index (χ1) is 14.4. The Morgan fingerprint density at radius 2 is 1.57 bits per heavy atom. The minimum Gasteiger partial charge on any atom is -0.354 e. The molecule has 0 saturated heterocycles. The standard InChI is InChI=1S/C25H33FN2O2/c1-4-6-17-27-25(30)19(3)28(18-22-11-14-23(26)15-12-22)24(29)16-13-21-9-7-20(5-2)8-10-21/h7-12,14-15,19H,4-6,13,16-18H2,1-3H3,(H,27,30)/t19-/m1/s1. The van der Waals surface area contributed by atoms with Crippen molar-refractivity contribution >= 4 is 11.8 Å². The molecule has 0 saturated carbocycles. The first kappa shape index (κ1) is 23.6. The molecule has 2 aromatic rings. The van der Waals surface area contributed by atoms with Gasteiger partial charge in [0.1, 0.15) is 11.9 Å². The molecule has 0 bridgehead atoms. The van der Waals surface area contributed by atoms with Gasteiger partial charge in [-0.2, -0.15) is 0 Å². The first-order valence-corrected chi connectivity index (χ1v) is 10.8. The van der Waals surface area contributed by atoms with Gasteiger partial charge < -0.3 is 10.2 Å². The van der Waals surface area contributed by atoms with Crippen molar-refractivity contribution in [2.24, 2.45) is 0 Å². The number of hydrogen-bond acceptors (Lipinski definition) is 2. The largest absolute Gasteiger partial charge is 0.354 e. The second kappa shape index (κ2) is 12.1. The molecule has 30 heavy (non-hydrogen) atoms. The van der Waals surface area contributed by atoms with Crippen LogP contribution in [-0.2, 0) is 29.0 Å². The van der Waals surface area contributed by atoms with Gasteiger partial charge in [-0.25, -0.2) is 4.39 Å². The first-order valence-electron chi connectivity index (χ1n) is 10.8. The summed E-state index contributed by atoms with van der Waals surface area (Å²) in [5, 5.41) is 2.91. The lowest BCUT2D eigenvalue weighted by Gasteiger charge is -2.29. The third-order valence-corrected chi connectivity index (χ3v) is 5.32. The number of rotatable bonds is 11. The molecule has 2 amide bonds. The number of nitrogens with one attached hydrogen (secondary N) is 1. The van der Waals surface area contributed by atoms with Crippen LogP contribution in [0.2, 0.25) is 0 Å². The van der Waals surface area contributed by atoms with Crippen molar-refractivity contribution in [3.63, 3.8) is 0 Å². The number of unbranched alkanes of at least 4 members (excludes halogenated alkanes) is 1. The molecule has 0 aromatic heterocycles. The van der Waals surface area contributed by atoms with Crippen molar-refractivity contribution in [1.82, 2.24) is 10.2 Å². The van der Waals surface area contributed by atoms with E-state index in [0.29, 0.717) is 19.4 Å². The smallest absolute Gasteiger partial charge is 0.242 e. The van der Waals surface area contributed by atoms with Gasteiger partial charge in [-0.1, -0.05) is 56.7 Å². The molecule has 4 nitrogen and oxygen atoms in total. The fourth-order valence-electron chi connectivity index (χ4n) is 3.24. The Hall–Kier alpha value is -2.69. The Bertz CT molecular complexity index is 803. The molecule has 0 fully saturated rings. The molecule has 1 atom stereocenters. The highest BCUT2D eigenvalue weighted by Gasteiger charge is 2.25. The van der Waals surface area contributed by atoms with E-state index < -0.39 is 6.04 Å². The van der Waals surface area contributed by atoms with Gasteiger partial charge in [-0.3, -0.25) is 9.59 Å². The lowest BCUT2D eigenvalue weighted by molar-refractivity contribution is -0.140. The molecular weight excluding hydrogens is 379 g/mol. The highest BCUT2D eigenvalue weighted by Crippen LogP contribution is 2.14. The number of nitrogens with zero attached hydrogens (tertiary/aromatic N) is 1. The van der Waals surface area contributed by atoms with Gasteiger partial charge in [0, 0.05) is 19.5 Å². The molecule has 0 radical (unpaired) electrons. The fourth-order valence-corrected chi connectivity index (χ4v) is 3.24. The van der Waals surface area contributed by atoms with Crippen LogP contribution in [-0.4, -0.2) is 29.3 Å². The van der Waals surface area contributed by atoms with Crippen LogP contribution < -0.4 is 5.32 Å². The molecule has 5 heteroatoms. The second-order valence-electron chi connectivity index (χ2n) is 7.64. The van der Waals surface area contributed by atoms with E-state index in [1.54, 1.807) is 24.0 Å². The molecular formula is C25H33FN2O2. The number of benzene rings is 2. The molecule has 0 aliphatic rings. The fraction of sp³-hybridized carbons (Fsp3) is 0.440. The van der Waals surface area contributed by atoms with Crippen LogP contribution in [0.4, 0.5) is 4.39 Å². The molecule has 2 rings (SSSR count). The highest BCUT2D eigenvalue weighted by atomic mass is 19.1. The van der Waals surface area contributed by atoms with E-state index in [4.69, 9.17) is 0 Å². The summed E-state index contributed by atoms with van der Waals surface area (Å²) < 4.78 is 13.3. The minimum atomic E-state index is -0.595. The van der Waals surface area contributed by atoms with Gasteiger partial charge in [-0.15, -0.1) is 0 Å². The summed E-state index contributed by atoms with van der Waals surface area (Å²) in [4.78, 5) is 27.2. The van der Waals surface area contributed by atoms with E-state index in [-0.39, 0.29) is 24.2 Å². The van der Waals surface area contributed by atoms with E-state index >= 15 is 0 Å². The lowest BCUT2D eigenvalue weighted by atomic mass is 10.0. The van der Waals surface area contributed by atoms with Crippen molar-refractivity contribution < 1.29 is 14.0 Å². The van der Waals surface area contributed by atoms with Gasteiger partial charge in [0.2, 0.25) is 11.8 Å². The number of aryl methyl sites for hydroxylation is 2. The Morgan fingerprint density at radius 1 is 0.967 bits per heavy atom. The molecule has 1 N–H and O–H groups in total. The second-order valence-corrected chi connectivity index (χ2v) is 7.64. The van der Waals surface area contributed by atoms with Crippen LogP contribution in [0.3, 0.4) is 0 Å². The van der Waals surface area contributed by atoms with Gasteiger partial charge in [0.05, 0.1) is 0 Å². The van der Waals surface area contributed by atoms with Crippen molar-refractivity contribution in [2.75, 3.05) is 6.54 Å². The van der Waals surface area contributed by atoms with Gasteiger partial charge in [0.15, 0.2) is 0 Å². The van der Waals surface area contributed by atoms with Crippen molar-refractivity contribution in [2.45, 2.75) is 65.5 Å². The van der Waals surface area contributed by atoms with E-state index in [0.717, 1.165) is 30.4 Å². The van der Waals surface area contributed by atoms with E-state index in [2.05, 4.69) is 43.4 Å². The summed E-state index contributed by atoms with van der Waals surface area (Å²) in [7, 11) is 0. The number of amides is 2. The monoisotopic (exact) mass is 412 g/mol. The third-order valence-electron chi connectivity index (χ3n) is 5.32. The van der Waals surface area contributed by atoms with Gasteiger partial charge in [0.25, 0.3) is 0 Å². The van der Waals surface area contributed by atoms with Crippen LogP contribution in [0.1, 0.15) is 56.7 Å². The maximum atomic E-state index is 13.3. The molecule has 162 valence electrons. The number of carbonyl (C=O) groups excluding carboxylic acids is 2. The minimum absolute atomic E-state index is 0.0861. The quantitative estimate of drug-likeness (QED) is 0.546. The third kappa shape index (κ3) is 7.29. The van der Waals surface area contributed by atoms with Crippen molar-refractivity contribution in [1.29, 1.82) is 0 Å². The number of carbonyl (C=O) groups is 2. The predicted octanol–water partition coefficient (Wildman–Crippen LogP) is 4.65. The normalized spacial score (nSPS) is 11.7. The van der Waals surface area contributed by atoms with E-state index in [1.165, 1.54) is 17.7 Å². The summed E-state index contributed by atoms with van der Waals surface area (Å²) in [5.41, 5.74) is 3.16. The number of hydrogen-bond donors (Lipinski definition) is 1. The summed E-state index contributed by atoms with van der Waals surface area (Å²) in [6, 6.07) is 13.7. The summed E-state index contributed by atoms with van der Waals surface area (Å²) >= 11 is 0. The average molecular weight is 413 g/mol. The molecule has 0 aliphatic carbocycles. The zero-order valence-electron chi connectivity index (χ0n) is 18.3.